The van der Waals surface area contributed by atoms with Gasteiger partial charge in [0.05, 0.1) is 5.92 Å². The molecular weight excluding hydrogens is 434 g/mol. The lowest BCUT2D eigenvalue weighted by atomic mass is 9.77. The summed E-state index contributed by atoms with van der Waals surface area (Å²) in [6, 6.07) is 17.7. The number of aryl methyl sites for hydroxylation is 1. The zero-order valence-corrected chi connectivity index (χ0v) is 20.0. The maximum atomic E-state index is 13.3. The predicted octanol–water partition coefficient (Wildman–Crippen LogP) is 5.09. The van der Waals surface area contributed by atoms with Crippen molar-refractivity contribution in [3.8, 4) is 0 Å². The third-order valence-electron chi connectivity index (χ3n) is 7.77. The van der Waals surface area contributed by atoms with Gasteiger partial charge in [0.25, 0.3) is 5.91 Å². The highest BCUT2D eigenvalue weighted by atomic mass is 35.5. The number of aromatic nitrogens is 1. The Morgan fingerprint density at radius 3 is 2.24 bits per heavy atom. The average Bonchev–Trinajstić information content (AvgIpc) is 3.40. The number of halogens is 1. The van der Waals surface area contributed by atoms with Crippen molar-refractivity contribution in [1.82, 2.24) is 14.4 Å². The van der Waals surface area contributed by atoms with E-state index >= 15 is 0 Å². The molecule has 2 aromatic carbocycles. The van der Waals surface area contributed by atoms with E-state index in [1.165, 1.54) is 0 Å². The Hall–Kier alpha value is -2.79. The van der Waals surface area contributed by atoms with Gasteiger partial charge in [0, 0.05) is 49.2 Å². The van der Waals surface area contributed by atoms with E-state index in [0.29, 0.717) is 5.02 Å². The third kappa shape index (κ3) is 4.04. The molecule has 2 amide bonds. The average molecular weight is 464 g/mol. The number of rotatable bonds is 3. The summed E-state index contributed by atoms with van der Waals surface area (Å²) in [6.45, 7) is 5.06. The normalized spacial score (nSPS) is 18.8. The Labute approximate surface area is 199 Å². The minimum absolute atomic E-state index is 0.103. The van der Waals surface area contributed by atoms with Crippen molar-refractivity contribution >= 4 is 34.3 Å². The quantitative estimate of drug-likeness (QED) is 0.543. The minimum Gasteiger partial charge on any atom is -0.342 e. The van der Waals surface area contributed by atoms with Crippen LogP contribution in [0, 0.1) is 5.41 Å². The van der Waals surface area contributed by atoms with Crippen LogP contribution in [0.3, 0.4) is 0 Å². The second-order valence-electron chi connectivity index (χ2n) is 9.72. The van der Waals surface area contributed by atoms with Crippen molar-refractivity contribution in [3.05, 3.63) is 70.9 Å². The van der Waals surface area contributed by atoms with Gasteiger partial charge in [-0.15, -0.1) is 0 Å². The molecule has 2 aliphatic rings. The molecule has 0 bridgehead atoms. The third-order valence-corrected chi connectivity index (χ3v) is 8.02. The van der Waals surface area contributed by atoms with Gasteiger partial charge in [0.2, 0.25) is 5.91 Å². The van der Waals surface area contributed by atoms with Gasteiger partial charge in [-0.05, 0) is 61.4 Å². The zero-order valence-electron chi connectivity index (χ0n) is 19.3. The lowest BCUT2D eigenvalue weighted by Crippen LogP contribution is -2.45. The lowest BCUT2D eigenvalue weighted by Gasteiger charge is -2.39. The number of para-hydroxylation sites is 1. The van der Waals surface area contributed by atoms with Gasteiger partial charge in [-0.3, -0.25) is 9.59 Å². The van der Waals surface area contributed by atoms with Crippen molar-refractivity contribution in [2.45, 2.75) is 32.1 Å². The highest BCUT2D eigenvalue weighted by Crippen LogP contribution is 2.41. The van der Waals surface area contributed by atoms with Crippen molar-refractivity contribution in [3.63, 3.8) is 0 Å². The van der Waals surface area contributed by atoms with Crippen molar-refractivity contribution in [1.29, 1.82) is 0 Å². The summed E-state index contributed by atoms with van der Waals surface area (Å²) >= 11 is 6.00. The molecule has 1 spiro atoms. The summed E-state index contributed by atoms with van der Waals surface area (Å²) in [5.74, 6) is 0.111. The summed E-state index contributed by atoms with van der Waals surface area (Å²) in [4.78, 5) is 30.4. The van der Waals surface area contributed by atoms with Crippen molar-refractivity contribution in [2.75, 3.05) is 26.2 Å². The fraction of sp³-hybridized carbons (Fsp3) is 0.407. The molecule has 0 radical (unpaired) electrons. The fourth-order valence-corrected chi connectivity index (χ4v) is 5.67. The van der Waals surface area contributed by atoms with Crippen LogP contribution in [0.4, 0.5) is 0 Å². The number of benzene rings is 2. The van der Waals surface area contributed by atoms with E-state index < -0.39 is 0 Å². The highest BCUT2D eigenvalue weighted by molar-refractivity contribution is 6.30. The number of nitrogens with zero attached hydrogens (tertiary/aromatic N) is 3. The molecule has 172 valence electrons. The van der Waals surface area contributed by atoms with Crippen LogP contribution in [-0.2, 0) is 11.8 Å². The number of amides is 2. The van der Waals surface area contributed by atoms with Crippen LogP contribution in [0.5, 0.6) is 0 Å². The first kappa shape index (κ1) is 22.0. The van der Waals surface area contributed by atoms with E-state index in [2.05, 4.69) is 0 Å². The summed E-state index contributed by atoms with van der Waals surface area (Å²) in [6.07, 6.45) is 2.91. The van der Waals surface area contributed by atoms with Gasteiger partial charge in [-0.1, -0.05) is 41.9 Å². The molecule has 1 aromatic heterocycles. The summed E-state index contributed by atoms with van der Waals surface area (Å²) in [5, 5.41) is 1.78. The van der Waals surface area contributed by atoms with Crippen LogP contribution < -0.4 is 0 Å². The first-order valence-electron chi connectivity index (χ1n) is 11.7. The van der Waals surface area contributed by atoms with Gasteiger partial charge in [0.1, 0.15) is 5.69 Å². The van der Waals surface area contributed by atoms with Gasteiger partial charge in [-0.25, -0.2) is 0 Å². The van der Waals surface area contributed by atoms with E-state index in [1.54, 1.807) is 0 Å². The molecule has 1 unspecified atom stereocenters. The van der Waals surface area contributed by atoms with Gasteiger partial charge < -0.3 is 14.4 Å². The molecule has 0 aliphatic carbocycles. The highest BCUT2D eigenvalue weighted by Gasteiger charge is 2.43. The van der Waals surface area contributed by atoms with Crippen LogP contribution in [0.25, 0.3) is 10.9 Å². The maximum Gasteiger partial charge on any atom is 0.270 e. The summed E-state index contributed by atoms with van der Waals surface area (Å²) in [7, 11) is 1.96. The number of hydrogen-bond acceptors (Lipinski definition) is 2. The molecule has 0 N–H and O–H groups in total. The number of hydrogen-bond donors (Lipinski definition) is 0. The largest absolute Gasteiger partial charge is 0.342 e. The Morgan fingerprint density at radius 2 is 1.58 bits per heavy atom. The minimum atomic E-state index is -0.175. The van der Waals surface area contributed by atoms with Gasteiger partial charge in [0.15, 0.2) is 0 Å². The zero-order chi connectivity index (χ0) is 23.2. The number of piperidine rings is 1. The first-order valence-corrected chi connectivity index (χ1v) is 12.1. The molecule has 3 aromatic rings. The molecule has 2 saturated heterocycles. The predicted molar refractivity (Wildman–Crippen MR) is 132 cm³/mol. The van der Waals surface area contributed by atoms with Crippen LogP contribution in [-0.4, -0.2) is 52.4 Å². The van der Waals surface area contributed by atoms with Crippen molar-refractivity contribution in [2.24, 2.45) is 12.5 Å². The molecule has 2 aliphatic heterocycles. The van der Waals surface area contributed by atoms with E-state index in [9.17, 15) is 9.59 Å². The van der Waals surface area contributed by atoms with E-state index in [1.807, 2.05) is 82.9 Å². The molecule has 33 heavy (non-hydrogen) atoms. The second kappa shape index (κ2) is 8.53. The monoisotopic (exact) mass is 463 g/mol. The second-order valence-corrected chi connectivity index (χ2v) is 10.2. The van der Waals surface area contributed by atoms with Crippen LogP contribution in [0.2, 0.25) is 5.02 Å². The van der Waals surface area contributed by atoms with Crippen LogP contribution >= 0.6 is 11.6 Å². The van der Waals surface area contributed by atoms with Gasteiger partial charge >= 0.3 is 0 Å². The van der Waals surface area contributed by atoms with Crippen LogP contribution in [0.15, 0.2) is 54.6 Å². The SMILES string of the molecule is CC(C(=O)N1CCC2(CCN(C(=O)c3cc4ccccc4n3C)CC2)C1)c1ccc(Cl)cc1. The van der Waals surface area contributed by atoms with Gasteiger partial charge in [-0.2, -0.15) is 0 Å². The molecule has 5 rings (SSSR count). The van der Waals surface area contributed by atoms with E-state index in [-0.39, 0.29) is 23.1 Å². The molecule has 0 saturated carbocycles. The molecule has 2 fully saturated rings. The molecule has 3 heterocycles. The molecule has 1 atom stereocenters. The Kier molecular flexibility index (Phi) is 5.69. The number of carbonyl (C=O) groups is 2. The van der Waals surface area contributed by atoms with E-state index in [0.717, 1.165) is 67.6 Å². The maximum absolute atomic E-state index is 13.3. The summed E-state index contributed by atoms with van der Waals surface area (Å²) in [5.41, 5.74) is 2.95. The molecular formula is C27H30ClN3O2. The molecule has 6 heteroatoms. The number of fused-ring (bicyclic) bond motifs is 1. The Morgan fingerprint density at radius 1 is 0.939 bits per heavy atom. The van der Waals surface area contributed by atoms with E-state index in [4.69, 9.17) is 11.6 Å². The standard InChI is InChI=1S/C27H30ClN3O2/c1-19(20-7-9-22(28)10-8-20)25(32)31-16-13-27(18-31)11-14-30(15-12-27)26(33)24-17-21-5-3-4-6-23(21)29(24)2/h3-10,17,19H,11-16,18H2,1-2H3. The number of likely N-dealkylation sites (tertiary alicyclic amines) is 2. The number of carbonyl (C=O) groups excluding carboxylic acids is 2. The summed E-state index contributed by atoms with van der Waals surface area (Å²) < 4.78 is 2.00. The fourth-order valence-electron chi connectivity index (χ4n) is 5.54. The Balaban J connectivity index is 1.22. The first-order chi connectivity index (χ1) is 15.9. The van der Waals surface area contributed by atoms with Crippen LogP contribution in [0.1, 0.15) is 48.2 Å². The van der Waals surface area contributed by atoms with Crippen molar-refractivity contribution < 1.29 is 9.59 Å². The molecule has 5 nitrogen and oxygen atoms in total. The smallest absolute Gasteiger partial charge is 0.270 e. The lowest BCUT2D eigenvalue weighted by molar-refractivity contribution is -0.132. The topological polar surface area (TPSA) is 45.6 Å². The Bertz CT molecular complexity index is 1190.